The van der Waals surface area contributed by atoms with Crippen LogP contribution in [-0.4, -0.2) is 59.0 Å². The Hall–Kier alpha value is -1.18. The average Bonchev–Trinajstić information content (AvgIpc) is 3.43. The predicted octanol–water partition coefficient (Wildman–Crippen LogP) is 3.02. The van der Waals surface area contributed by atoms with E-state index in [1.165, 1.54) is 16.7 Å². The number of ether oxygens (including phenoxy) is 1. The van der Waals surface area contributed by atoms with Crippen molar-refractivity contribution >= 4 is 35.2 Å². The highest BCUT2D eigenvalue weighted by atomic mass is 32.2. The Morgan fingerprint density at radius 2 is 2.17 bits per heavy atom. The van der Waals surface area contributed by atoms with Gasteiger partial charge < -0.3 is 9.64 Å². The molecule has 1 N–H and O–H groups in total. The second-order valence-corrected chi connectivity index (χ2v) is 10.5. The molecule has 5 nitrogen and oxygen atoms in total. The summed E-state index contributed by atoms with van der Waals surface area (Å²) in [4.78, 5) is 27.6. The number of nitrogens with zero attached hydrogens (tertiary/aromatic N) is 1. The van der Waals surface area contributed by atoms with Crippen molar-refractivity contribution in [1.29, 1.82) is 0 Å². The molecule has 1 aliphatic carbocycles. The van der Waals surface area contributed by atoms with Crippen molar-refractivity contribution in [3.63, 3.8) is 0 Å². The van der Waals surface area contributed by atoms with E-state index in [9.17, 15) is 9.59 Å². The van der Waals surface area contributed by atoms with Crippen molar-refractivity contribution in [3.8, 4) is 5.75 Å². The van der Waals surface area contributed by atoms with E-state index in [-0.39, 0.29) is 23.0 Å². The molecule has 0 bridgehead atoms. The van der Waals surface area contributed by atoms with Gasteiger partial charge in [-0.05, 0) is 61.3 Å². The number of carbonyl (C=O) groups is 2. The molecule has 158 valence electrons. The van der Waals surface area contributed by atoms with Gasteiger partial charge in [-0.1, -0.05) is 6.07 Å². The van der Waals surface area contributed by atoms with E-state index in [2.05, 4.69) is 24.4 Å². The molecular weight excluding hydrogens is 404 g/mol. The number of carbonyl (C=O) groups excluding carboxylic acids is 2. The second kappa shape index (κ2) is 9.31. The van der Waals surface area contributed by atoms with Crippen molar-refractivity contribution in [3.05, 3.63) is 28.8 Å². The van der Waals surface area contributed by atoms with Crippen LogP contribution in [0.4, 0.5) is 0 Å². The van der Waals surface area contributed by atoms with Crippen LogP contribution < -0.4 is 10.1 Å². The Kier molecular flexibility index (Phi) is 6.76. The van der Waals surface area contributed by atoms with Crippen LogP contribution in [0.15, 0.2) is 12.1 Å². The van der Waals surface area contributed by atoms with Crippen LogP contribution in [0.3, 0.4) is 0 Å². The number of aryl methyl sites for hydroxylation is 2. The highest BCUT2D eigenvalue weighted by Crippen LogP contribution is 2.34. The zero-order valence-corrected chi connectivity index (χ0v) is 18.9. The topological polar surface area (TPSA) is 58.6 Å². The third-order valence-electron chi connectivity index (χ3n) is 6.36. The van der Waals surface area contributed by atoms with E-state index in [1.54, 1.807) is 30.6 Å². The van der Waals surface area contributed by atoms with Crippen LogP contribution in [0, 0.1) is 12.8 Å². The fourth-order valence-corrected chi connectivity index (χ4v) is 6.77. The quantitative estimate of drug-likeness (QED) is 0.743. The van der Waals surface area contributed by atoms with Gasteiger partial charge in [-0.25, -0.2) is 0 Å². The van der Waals surface area contributed by atoms with Gasteiger partial charge in [-0.2, -0.15) is 0 Å². The van der Waals surface area contributed by atoms with Gasteiger partial charge in [-0.15, -0.1) is 23.5 Å². The maximum absolute atomic E-state index is 12.9. The number of thioether (sulfide) groups is 2. The van der Waals surface area contributed by atoms with E-state index in [1.807, 2.05) is 4.90 Å². The van der Waals surface area contributed by atoms with Crippen LogP contribution in [0.5, 0.6) is 5.75 Å². The molecule has 2 aliphatic heterocycles. The Bertz CT molecular complexity index is 780. The molecule has 1 amide bonds. The summed E-state index contributed by atoms with van der Waals surface area (Å²) >= 11 is 3.38. The fourth-order valence-electron chi connectivity index (χ4n) is 4.65. The Balaban J connectivity index is 1.32. The first-order valence-electron chi connectivity index (χ1n) is 10.5. The highest BCUT2D eigenvalue weighted by molar-refractivity contribution is 8.01. The lowest BCUT2D eigenvalue weighted by molar-refractivity contribution is -0.133. The summed E-state index contributed by atoms with van der Waals surface area (Å²) in [6, 6.07) is 4.09. The molecule has 0 saturated carbocycles. The summed E-state index contributed by atoms with van der Waals surface area (Å²) < 4.78 is 5.45. The lowest BCUT2D eigenvalue weighted by Crippen LogP contribution is -2.49. The summed E-state index contributed by atoms with van der Waals surface area (Å²) in [5.41, 5.74) is 3.97. The molecule has 2 saturated heterocycles. The van der Waals surface area contributed by atoms with Gasteiger partial charge in [0.25, 0.3) is 0 Å². The molecule has 2 fully saturated rings. The number of hydrogen-bond acceptors (Lipinski definition) is 6. The van der Waals surface area contributed by atoms with Gasteiger partial charge >= 0.3 is 0 Å². The van der Waals surface area contributed by atoms with Crippen molar-refractivity contribution < 1.29 is 14.3 Å². The van der Waals surface area contributed by atoms with E-state index in [0.717, 1.165) is 49.6 Å². The molecule has 0 spiro atoms. The first-order chi connectivity index (χ1) is 14.1. The first-order valence-corrected chi connectivity index (χ1v) is 12.7. The maximum Gasteiger partial charge on any atom is 0.242 e. The zero-order valence-electron chi connectivity index (χ0n) is 17.2. The molecule has 1 aromatic rings. The Labute approximate surface area is 181 Å². The second-order valence-electron chi connectivity index (χ2n) is 8.26. The van der Waals surface area contributed by atoms with Gasteiger partial charge in [-0.3, -0.25) is 14.9 Å². The molecule has 29 heavy (non-hydrogen) atoms. The molecule has 3 aliphatic rings. The molecule has 1 aromatic carbocycles. The number of methoxy groups -OCH3 is 1. The largest absolute Gasteiger partial charge is 0.496 e. The zero-order chi connectivity index (χ0) is 20.4. The maximum atomic E-state index is 12.9. The van der Waals surface area contributed by atoms with Crippen molar-refractivity contribution in [2.24, 2.45) is 5.92 Å². The van der Waals surface area contributed by atoms with Crippen LogP contribution >= 0.6 is 23.5 Å². The third-order valence-corrected chi connectivity index (χ3v) is 8.56. The van der Waals surface area contributed by atoms with Gasteiger partial charge in [0, 0.05) is 24.6 Å². The third kappa shape index (κ3) is 4.62. The molecule has 4 rings (SSSR count). The van der Waals surface area contributed by atoms with Crippen molar-refractivity contribution in [2.45, 2.75) is 50.3 Å². The minimum atomic E-state index is -0.339. The SMILES string of the molecule is COc1cc2c(cc1C)CC(CCC(=O)C1SCN[C@@H]1C(=O)N1CCSC1)CC2. The molecule has 3 atom stereocenters. The number of ketones is 1. The smallest absolute Gasteiger partial charge is 0.242 e. The number of hydrogen-bond donors (Lipinski definition) is 1. The van der Waals surface area contributed by atoms with Crippen LogP contribution in [0.2, 0.25) is 0 Å². The summed E-state index contributed by atoms with van der Waals surface area (Å²) in [5.74, 6) is 4.30. The van der Waals surface area contributed by atoms with Gasteiger partial charge in [0.1, 0.15) is 17.6 Å². The average molecular weight is 435 g/mol. The number of rotatable bonds is 6. The van der Waals surface area contributed by atoms with Gasteiger partial charge in [0.15, 0.2) is 0 Å². The summed E-state index contributed by atoms with van der Waals surface area (Å²) in [7, 11) is 1.72. The van der Waals surface area contributed by atoms with Crippen LogP contribution in [0.25, 0.3) is 0 Å². The summed E-state index contributed by atoms with van der Waals surface area (Å²) in [6.45, 7) is 2.89. The van der Waals surface area contributed by atoms with Crippen molar-refractivity contribution in [1.82, 2.24) is 10.2 Å². The van der Waals surface area contributed by atoms with Gasteiger partial charge in [0.2, 0.25) is 5.91 Å². The number of amides is 1. The van der Waals surface area contributed by atoms with Crippen molar-refractivity contribution in [2.75, 3.05) is 31.2 Å². The first kappa shape index (κ1) is 21.1. The van der Waals surface area contributed by atoms with Crippen LogP contribution in [0.1, 0.15) is 36.0 Å². The monoisotopic (exact) mass is 434 g/mol. The Morgan fingerprint density at radius 3 is 2.93 bits per heavy atom. The minimum Gasteiger partial charge on any atom is -0.496 e. The minimum absolute atomic E-state index is 0.106. The molecule has 0 radical (unpaired) electrons. The molecule has 2 unspecified atom stereocenters. The number of Topliss-reactive ketones (excluding diaryl/α,β-unsaturated/α-hetero) is 1. The predicted molar refractivity (Wildman–Crippen MR) is 120 cm³/mol. The van der Waals surface area contributed by atoms with Crippen LogP contribution in [-0.2, 0) is 22.4 Å². The molecule has 2 heterocycles. The number of fused-ring (bicyclic) bond motifs is 1. The van der Waals surface area contributed by atoms with E-state index < -0.39 is 0 Å². The molecular formula is C22H30N2O3S2. The van der Waals surface area contributed by atoms with E-state index in [4.69, 9.17) is 4.74 Å². The van der Waals surface area contributed by atoms with E-state index in [0.29, 0.717) is 18.2 Å². The Morgan fingerprint density at radius 1 is 1.31 bits per heavy atom. The lowest BCUT2D eigenvalue weighted by atomic mass is 9.80. The number of nitrogens with one attached hydrogen (secondary N) is 1. The summed E-state index contributed by atoms with van der Waals surface area (Å²) in [5, 5.41) is 3.04. The lowest BCUT2D eigenvalue weighted by Gasteiger charge is -2.26. The normalized spacial score (nSPS) is 26.4. The fraction of sp³-hybridized carbons (Fsp3) is 0.636. The molecule has 0 aromatic heterocycles. The highest BCUT2D eigenvalue weighted by Gasteiger charge is 2.40. The standard InChI is InChI=1S/C22H30N2O3S2/c1-14-9-17-10-15(3-5-16(17)11-19(14)27-2)4-6-18(25)21-20(23-12-29-21)22(26)24-7-8-28-13-24/h9,11,15,20-21,23H,3-8,10,12-13H2,1-2H3/t15?,20-,21?/m0/s1. The molecule has 7 heteroatoms. The summed E-state index contributed by atoms with van der Waals surface area (Å²) in [6.07, 6.45) is 4.71. The van der Waals surface area contributed by atoms with E-state index >= 15 is 0 Å². The number of benzene rings is 1. The van der Waals surface area contributed by atoms with Gasteiger partial charge in [0.05, 0.1) is 18.2 Å².